The van der Waals surface area contributed by atoms with Crippen molar-refractivity contribution in [3.8, 4) is 0 Å². The molecule has 1 aliphatic rings. The highest BCUT2D eigenvalue weighted by Gasteiger charge is 2.27. The highest BCUT2D eigenvalue weighted by atomic mass is 79.9. The van der Waals surface area contributed by atoms with Crippen molar-refractivity contribution in [3.63, 3.8) is 0 Å². The monoisotopic (exact) mass is 379 g/mol. The van der Waals surface area contributed by atoms with Crippen LogP contribution in [0.25, 0.3) is 0 Å². The van der Waals surface area contributed by atoms with Crippen LogP contribution in [0.3, 0.4) is 0 Å². The number of ether oxygens (including phenoxy) is 1. The first-order valence-corrected chi connectivity index (χ1v) is 8.23. The summed E-state index contributed by atoms with van der Waals surface area (Å²) in [4.78, 5) is 14.5. The molecule has 114 valence electrons. The molecular formula is C17H15BrClNO2. The molecule has 1 saturated heterocycles. The maximum Gasteiger partial charge on any atom is 0.255 e. The van der Waals surface area contributed by atoms with Crippen molar-refractivity contribution in [1.82, 2.24) is 4.90 Å². The molecule has 1 fully saturated rings. The maximum atomic E-state index is 12.7. The van der Waals surface area contributed by atoms with E-state index >= 15 is 0 Å². The van der Waals surface area contributed by atoms with E-state index in [1.807, 2.05) is 53.4 Å². The summed E-state index contributed by atoms with van der Waals surface area (Å²) in [5.74, 6) is 0.0165. The van der Waals surface area contributed by atoms with Gasteiger partial charge in [-0.1, -0.05) is 35.9 Å². The lowest BCUT2D eigenvalue weighted by atomic mass is 10.1. The van der Waals surface area contributed by atoms with E-state index in [9.17, 15) is 4.79 Å². The highest BCUT2D eigenvalue weighted by molar-refractivity contribution is 9.10. The van der Waals surface area contributed by atoms with E-state index in [-0.39, 0.29) is 12.0 Å². The Balaban J connectivity index is 1.78. The van der Waals surface area contributed by atoms with Crippen molar-refractivity contribution in [3.05, 3.63) is 69.2 Å². The number of amides is 1. The standard InChI is InChI=1S/C17H15BrClNO2/c18-15-7-2-1-6-14(15)17(21)20-8-9-22-16(11-20)12-4-3-5-13(19)10-12/h1-7,10,16H,8-9,11H2. The Morgan fingerprint density at radius 1 is 1.23 bits per heavy atom. The molecule has 22 heavy (non-hydrogen) atoms. The summed E-state index contributed by atoms with van der Waals surface area (Å²) in [6.07, 6.45) is -0.140. The molecule has 0 aliphatic carbocycles. The first-order valence-electron chi connectivity index (χ1n) is 7.06. The van der Waals surface area contributed by atoms with Crippen LogP contribution in [0.15, 0.2) is 53.0 Å². The molecule has 0 spiro atoms. The quantitative estimate of drug-likeness (QED) is 0.777. The third kappa shape index (κ3) is 3.35. The minimum Gasteiger partial charge on any atom is -0.370 e. The van der Waals surface area contributed by atoms with Gasteiger partial charge in [-0.05, 0) is 45.8 Å². The lowest BCUT2D eigenvalue weighted by Gasteiger charge is -2.33. The number of rotatable bonds is 2. The van der Waals surface area contributed by atoms with Crippen molar-refractivity contribution in [2.24, 2.45) is 0 Å². The molecule has 1 amide bonds. The second kappa shape index (κ2) is 6.82. The highest BCUT2D eigenvalue weighted by Crippen LogP contribution is 2.26. The lowest BCUT2D eigenvalue weighted by Crippen LogP contribution is -2.42. The van der Waals surface area contributed by atoms with E-state index in [2.05, 4.69) is 15.9 Å². The van der Waals surface area contributed by atoms with Crippen molar-refractivity contribution in [2.45, 2.75) is 6.10 Å². The van der Waals surface area contributed by atoms with Crippen LogP contribution < -0.4 is 0 Å². The van der Waals surface area contributed by atoms with E-state index < -0.39 is 0 Å². The summed E-state index contributed by atoms with van der Waals surface area (Å²) in [7, 11) is 0. The third-order valence-corrected chi connectivity index (χ3v) is 4.60. The first kappa shape index (κ1) is 15.5. The molecule has 0 aromatic heterocycles. The minimum atomic E-state index is -0.140. The summed E-state index contributed by atoms with van der Waals surface area (Å²) in [6.45, 7) is 1.64. The van der Waals surface area contributed by atoms with E-state index in [0.29, 0.717) is 30.3 Å². The number of hydrogen-bond donors (Lipinski definition) is 0. The molecule has 1 unspecified atom stereocenters. The van der Waals surface area contributed by atoms with Crippen LogP contribution in [0.1, 0.15) is 22.0 Å². The van der Waals surface area contributed by atoms with Gasteiger partial charge in [-0.3, -0.25) is 4.79 Å². The summed E-state index contributed by atoms with van der Waals surface area (Å²) in [5, 5.41) is 0.676. The van der Waals surface area contributed by atoms with Crippen molar-refractivity contribution >= 4 is 33.4 Å². The smallest absolute Gasteiger partial charge is 0.255 e. The Labute approximate surface area is 143 Å². The van der Waals surface area contributed by atoms with Gasteiger partial charge in [0.15, 0.2) is 0 Å². The molecule has 0 bridgehead atoms. The van der Waals surface area contributed by atoms with Gasteiger partial charge in [0.25, 0.3) is 5.91 Å². The van der Waals surface area contributed by atoms with Gasteiger partial charge >= 0.3 is 0 Å². The molecule has 0 radical (unpaired) electrons. The molecule has 3 rings (SSSR count). The van der Waals surface area contributed by atoms with Crippen molar-refractivity contribution < 1.29 is 9.53 Å². The molecule has 1 atom stereocenters. The van der Waals surface area contributed by atoms with Crippen molar-refractivity contribution in [1.29, 1.82) is 0 Å². The normalized spacial score (nSPS) is 18.3. The van der Waals surface area contributed by atoms with E-state index in [1.54, 1.807) is 0 Å². The number of halogens is 2. The SMILES string of the molecule is O=C(c1ccccc1Br)N1CCOC(c2cccc(Cl)c2)C1. The number of carbonyl (C=O) groups excluding carboxylic acids is 1. The zero-order valence-electron chi connectivity index (χ0n) is 11.8. The predicted molar refractivity (Wildman–Crippen MR) is 90.2 cm³/mol. The lowest BCUT2D eigenvalue weighted by molar-refractivity contribution is -0.0228. The number of nitrogens with zero attached hydrogens (tertiary/aromatic N) is 1. The summed E-state index contributed by atoms with van der Waals surface area (Å²) >= 11 is 9.47. The largest absolute Gasteiger partial charge is 0.370 e. The second-order valence-corrected chi connectivity index (χ2v) is 6.44. The molecular weight excluding hydrogens is 366 g/mol. The Hall–Kier alpha value is -1.36. The fourth-order valence-corrected chi connectivity index (χ4v) is 3.20. The summed E-state index contributed by atoms with van der Waals surface area (Å²) in [5.41, 5.74) is 1.67. The fourth-order valence-electron chi connectivity index (χ4n) is 2.55. The van der Waals surface area contributed by atoms with Gasteiger partial charge < -0.3 is 9.64 Å². The maximum absolute atomic E-state index is 12.7. The average Bonchev–Trinajstić information content (AvgIpc) is 2.55. The number of hydrogen-bond acceptors (Lipinski definition) is 2. The van der Waals surface area contributed by atoms with Crippen LogP contribution in [0.4, 0.5) is 0 Å². The summed E-state index contributed by atoms with van der Waals surface area (Å²) < 4.78 is 6.61. The molecule has 2 aromatic rings. The average molecular weight is 381 g/mol. The fraction of sp³-hybridized carbons (Fsp3) is 0.235. The summed E-state index contributed by atoms with van der Waals surface area (Å²) in [6, 6.07) is 15.1. The molecule has 3 nitrogen and oxygen atoms in total. The second-order valence-electron chi connectivity index (χ2n) is 5.15. The van der Waals surface area contributed by atoms with E-state index in [4.69, 9.17) is 16.3 Å². The Morgan fingerprint density at radius 3 is 2.82 bits per heavy atom. The van der Waals surface area contributed by atoms with Gasteiger partial charge in [-0.2, -0.15) is 0 Å². The molecule has 0 N–H and O–H groups in total. The number of carbonyl (C=O) groups is 1. The molecule has 2 aromatic carbocycles. The van der Waals surface area contributed by atoms with Gasteiger partial charge in [0.05, 0.1) is 18.7 Å². The zero-order chi connectivity index (χ0) is 15.5. The number of morpholine rings is 1. The van der Waals surface area contributed by atoms with E-state index in [0.717, 1.165) is 10.0 Å². The van der Waals surface area contributed by atoms with Crippen LogP contribution in [0, 0.1) is 0 Å². The van der Waals surface area contributed by atoms with Gasteiger partial charge in [0.1, 0.15) is 6.10 Å². The van der Waals surface area contributed by atoms with Gasteiger partial charge in [0.2, 0.25) is 0 Å². The zero-order valence-corrected chi connectivity index (χ0v) is 14.2. The topological polar surface area (TPSA) is 29.5 Å². The van der Waals surface area contributed by atoms with Crippen LogP contribution in [-0.4, -0.2) is 30.5 Å². The number of benzene rings is 2. The Morgan fingerprint density at radius 2 is 2.05 bits per heavy atom. The molecule has 5 heteroatoms. The molecule has 1 heterocycles. The Bertz CT molecular complexity index is 692. The third-order valence-electron chi connectivity index (χ3n) is 3.68. The predicted octanol–water partition coefficient (Wildman–Crippen LogP) is 4.32. The van der Waals surface area contributed by atoms with Crippen LogP contribution in [0.5, 0.6) is 0 Å². The molecule has 0 saturated carbocycles. The minimum absolute atomic E-state index is 0.0165. The van der Waals surface area contributed by atoms with E-state index in [1.165, 1.54) is 0 Å². The van der Waals surface area contributed by atoms with Crippen molar-refractivity contribution in [2.75, 3.05) is 19.7 Å². The van der Waals surface area contributed by atoms with Gasteiger partial charge in [-0.25, -0.2) is 0 Å². The van der Waals surface area contributed by atoms with Crippen LogP contribution in [0.2, 0.25) is 5.02 Å². The Kier molecular flexibility index (Phi) is 4.81. The van der Waals surface area contributed by atoms with Gasteiger partial charge in [0, 0.05) is 16.0 Å². The van der Waals surface area contributed by atoms with Crippen LogP contribution >= 0.6 is 27.5 Å². The first-order chi connectivity index (χ1) is 10.6. The molecule has 1 aliphatic heterocycles. The van der Waals surface area contributed by atoms with Gasteiger partial charge in [-0.15, -0.1) is 0 Å². The van der Waals surface area contributed by atoms with Crippen LogP contribution in [-0.2, 0) is 4.74 Å².